The van der Waals surface area contributed by atoms with Crippen molar-refractivity contribution >= 4 is 0 Å². The maximum atomic E-state index is 9.54. The Morgan fingerprint density at radius 2 is 1.88 bits per heavy atom. The van der Waals surface area contributed by atoms with Crippen LogP contribution in [0.5, 0.6) is 0 Å². The Balaban J connectivity index is 1.82. The van der Waals surface area contributed by atoms with Crippen molar-refractivity contribution in [1.82, 2.24) is 0 Å². The fourth-order valence-corrected chi connectivity index (χ4v) is 2.59. The molecule has 2 nitrogen and oxygen atoms in total. The number of likely N-dealkylation sites (tertiary alicyclic amines) is 1. The van der Waals surface area contributed by atoms with Crippen LogP contribution in [0.4, 0.5) is 0 Å². The summed E-state index contributed by atoms with van der Waals surface area (Å²) < 4.78 is 0. The number of rotatable bonds is 3. The van der Waals surface area contributed by atoms with E-state index < -0.39 is 0 Å². The van der Waals surface area contributed by atoms with Crippen molar-refractivity contribution in [2.45, 2.75) is 32.4 Å². The summed E-state index contributed by atoms with van der Waals surface area (Å²) in [5.74, 6) is 0.527. The van der Waals surface area contributed by atoms with E-state index in [2.05, 4.69) is 30.3 Å². The van der Waals surface area contributed by atoms with Crippen LogP contribution in [0.15, 0.2) is 30.3 Å². The monoisotopic (exact) mass is 220 g/mol. The van der Waals surface area contributed by atoms with Gasteiger partial charge in [0, 0.05) is 18.4 Å². The second-order valence-electron chi connectivity index (χ2n) is 4.99. The van der Waals surface area contributed by atoms with Crippen LogP contribution in [0.25, 0.3) is 0 Å². The first-order chi connectivity index (χ1) is 7.75. The summed E-state index contributed by atoms with van der Waals surface area (Å²) in [4.78, 5) is 1.66. The summed E-state index contributed by atoms with van der Waals surface area (Å²) in [6.45, 7) is 5.45. The molecule has 0 bridgehead atoms. The smallest absolute Gasteiger partial charge is 0.103 e. The van der Waals surface area contributed by atoms with Gasteiger partial charge < -0.3 is 10.0 Å². The zero-order chi connectivity index (χ0) is 11.4. The second kappa shape index (κ2) is 5.46. The lowest BCUT2D eigenvalue weighted by atomic mass is 9.92. The Bertz CT molecular complexity index is 302. The van der Waals surface area contributed by atoms with Crippen LogP contribution in [-0.4, -0.2) is 24.3 Å². The van der Waals surface area contributed by atoms with Crippen molar-refractivity contribution in [2.24, 2.45) is 5.92 Å². The molecule has 88 valence electrons. The highest BCUT2D eigenvalue weighted by molar-refractivity contribution is 5.13. The quantitative estimate of drug-likeness (QED) is 0.776. The number of nitrogens with one attached hydrogen (secondary N) is 1. The van der Waals surface area contributed by atoms with Gasteiger partial charge in [0.25, 0.3) is 0 Å². The van der Waals surface area contributed by atoms with Gasteiger partial charge in [0.2, 0.25) is 0 Å². The van der Waals surface area contributed by atoms with Crippen molar-refractivity contribution in [3.05, 3.63) is 35.9 Å². The Kier molecular flexibility index (Phi) is 3.97. The van der Waals surface area contributed by atoms with Crippen molar-refractivity contribution in [2.75, 3.05) is 13.1 Å². The molecular weight excluding hydrogens is 198 g/mol. The van der Waals surface area contributed by atoms with Crippen LogP contribution in [0, 0.1) is 5.92 Å². The van der Waals surface area contributed by atoms with Gasteiger partial charge in [0.15, 0.2) is 0 Å². The van der Waals surface area contributed by atoms with E-state index in [4.69, 9.17) is 0 Å². The minimum absolute atomic E-state index is 0.127. The number of hydrogen-bond donors (Lipinski definition) is 2. The van der Waals surface area contributed by atoms with Crippen LogP contribution in [-0.2, 0) is 6.54 Å². The highest BCUT2D eigenvalue weighted by Crippen LogP contribution is 2.14. The van der Waals surface area contributed by atoms with Crippen LogP contribution < -0.4 is 4.90 Å². The minimum atomic E-state index is -0.127. The van der Waals surface area contributed by atoms with Gasteiger partial charge in [-0.2, -0.15) is 0 Å². The molecule has 1 aromatic rings. The van der Waals surface area contributed by atoms with Gasteiger partial charge in [-0.1, -0.05) is 30.3 Å². The molecule has 1 heterocycles. The highest BCUT2D eigenvalue weighted by Gasteiger charge is 2.24. The van der Waals surface area contributed by atoms with Crippen LogP contribution in [0.1, 0.15) is 25.3 Å². The summed E-state index contributed by atoms with van der Waals surface area (Å²) in [6, 6.07) is 10.7. The van der Waals surface area contributed by atoms with E-state index in [1.165, 1.54) is 31.5 Å². The highest BCUT2D eigenvalue weighted by atomic mass is 16.3. The number of aliphatic hydroxyl groups is 1. The molecular formula is C14H22NO+. The number of hydrogen-bond acceptors (Lipinski definition) is 1. The Morgan fingerprint density at radius 1 is 1.25 bits per heavy atom. The van der Waals surface area contributed by atoms with Crippen molar-refractivity contribution in [3.8, 4) is 0 Å². The topological polar surface area (TPSA) is 24.7 Å². The standard InChI is InChI=1S/C14H21NO/c1-12(16)14-7-9-15(10-8-14)11-13-5-3-2-4-6-13/h2-6,12,14,16H,7-11H2,1H3/p+1. The molecule has 1 aliphatic heterocycles. The minimum Gasteiger partial charge on any atom is -0.393 e. The molecule has 1 atom stereocenters. The predicted molar refractivity (Wildman–Crippen MR) is 65.2 cm³/mol. The van der Waals surface area contributed by atoms with Crippen LogP contribution in [0.3, 0.4) is 0 Å². The maximum Gasteiger partial charge on any atom is 0.103 e. The fourth-order valence-electron chi connectivity index (χ4n) is 2.59. The van der Waals surface area contributed by atoms with Crippen molar-refractivity contribution < 1.29 is 10.0 Å². The predicted octanol–water partition coefficient (Wildman–Crippen LogP) is 0.862. The number of quaternary nitrogens is 1. The molecule has 0 aliphatic carbocycles. The first-order valence-corrected chi connectivity index (χ1v) is 6.31. The van der Waals surface area contributed by atoms with Gasteiger partial charge >= 0.3 is 0 Å². The van der Waals surface area contributed by atoms with Gasteiger partial charge in [-0.25, -0.2) is 0 Å². The third kappa shape index (κ3) is 3.06. The summed E-state index contributed by atoms with van der Waals surface area (Å²) >= 11 is 0. The summed E-state index contributed by atoms with van der Waals surface area (Å²) in [5, 5.41) is 9.54. The molecule has 0 amide bonds. The molecule has 1 fully saturated rings. The van der Waals surface area contributed by atoms with Crippen LogP contribution >= 0.6 is 0 Å². The Hall–Kier alpha value is -0.860. The van der Waals surface area contributed by atoms with E-state index in [-0.39, 0.29) is 6.10 Å². The number of aliphatic hydroxyl groups excluding tert-OH is 1. The van der Waals surface area contributed by atoms with E-state index in [1.807, 2.05) is 6.92 Å². The lowest BCUT2D eigenvalue weighted by Crippen LogP contribution is -3.11. The zero-order valence-electron chi connectivity index (χ0n) is 10.0. The van der Waals surface area contributed by atoms with Gasteiger partial charge in [0.1, 0.15) is 6.54 Å². The molecule has 0 radical (unpaired) electrons. The summed E-state index contributed by atoms with van der Waals surface area (Å²) in [7, 11) is 0. The first-order valence-electron chi connectivity index (χ1n) is 6.31. The molecule has 1 aliphatic rings. The molecule has 0 aromatic heterocycles. The lowest BCUT2D eigenvalue weighted by molar-refractivity contribution is -0.920. The van der Waals surface area contributed by atoms with E-state index >= 15 is 0 Å². The summed E-state index contributed by atoms with van der Waals surface area (Å²) in [6.07, 6.45) is 2.21. The fraction of sp³-hybridized carbons (Fsp3) is 0.571. The molecule has 2 N–H and O–H groups in total. The number of piperidine rings is 1. The molecule has 16 heavy (non-hydrogen) atoms. The van der Waals surface area contributed by atoms with Gasteiger partial charge in [-0.15, -0.1) is 0 Å². The second-order valence-corrected chi connectivity index (χ2v) is 4.99. The first kappa shape index (κ1) is 11.6. The molecule has 0 spiro atoms. The van der Waals surface area contributed by atoms with Crippen molar-refractivity contribution in [3.63, 3.8) is 0 Å². The van der Waals surface area contributed by atoms with E-state index in [0.717, 1.165) is 6.54 Å². The Labute approximate surface area is 97.9 Å². The summed E-state index contributed by atoms with van der Waals surface area (Å²) in [5.41, 5.74) is 1.42. The largest absolute Gasteiger partial charge is 0.393 e. The average molecular weight is 220 g/mol. The molecule has 2 heteroatoms. The van der Waals surface area contributed by atoms with Crippen LogP contribution in [0.2, 0.25) is 0 Å². The molecule has 1 unspecified atom stereocenters. The van der Waals surface area contributed by atoms with Gasteiger partial charge in [0.05, 0.1) is 19.2 Å². The molecule has 1 aromatic carbocycles. The maximum absolute atomic E-state index is 9.54. The lowest BCUT2D eigenvalue weighted by Gasteiger charge is -2.30. The van der Waals surface area contributed by atoms with E-state index in [1.54, 1.807) is 4.90 Å². The Morgan fingerprint density at radius 3 is 2.44 bits per heavy atom. The van der Waals surface area contributed by atoms with E-state index in [0.29, 0.717) is 5.92 Å². The SMILES string of the molecule is CC(O)C1CC[NH+](Cc2ccccc2)CC1. The number of benzene rings is 1. The normalized spacial score (nSPS) is 27.6. The third-order valence-corrected chi connectivity index (χ3v) is 3.72. The average Bonchev–Trinajstić information content (AvgIpc) is 2.31. The molecule has 0 saturated carbocycles. The molecule has 2 rings (SSSR count). The van der Waals surface area contributed by atoms with E-state index in [9.17, 15) is 5.11 Å². The molecule has 1 saturated heterocycles. The van der Waals surface area contributed by atoms with Gasteiger partial charge in [-0.05, 0) is 12.8 Å². The van der Waals surface area contributed by atoms with Crippen molar-refractivity contribution in [1.29, 1.82) is 0 Å². The third-order valence-electron chi connectivity index (χ3n) is 3.72. The zero-order valence-corrected chi connectivity index (χ0v) is 10.0. The van der Waals surface area contributed by atoms with Gasteiger partial charge in [-0.3, -0.25) is 0 Å².